The van der Waals surface area contributed by atoms with Gasteiger partial charge in [0.1, 0.15) is 5.60 Å². The average molecular weight is 560 g/mol. The number of nitrogens with zero attached hydrogens (tertiary/aromatic N) is 1. The quantitative estimate of drug-likeness (QED) is 0.277. The largest absolute Gasteiger partial charge is 0.382 e. The zero-order valence-corrected chi connectivity index (χ0v) is 23.7. The molecule has 5 nitrogen and oxygen atoms in total. The third-order valence-electron chi connectivity index (χ3n) is 11.2. The van der Waals surface area contributed by atoms with Crippen molar-refractivity contribution in [3.63, 3.8) is 0 Å². The number of urea groups is 1. The number of fused-ring (bicyclic) bond motifs is 4. The third kappa shape index (κ3) is 4.36. The molecule has 2 amide bonds. The summed E-state index contributed by atoms with van der Waals surface area (Å²) in [6.45, 7) is 1.87. The van der Waals surface area contributed by atoms with Crippen LogP contribution in [-0.4, -0.2) is 34.4 Å². The Kier molecular flexibility index (Phi) is 6.25. The molecular weight excluding hydrogens is 520 g/mol. The van der Waals surface area contributed by atoms with Crippen LogP contribution in [-0.2, 0) is 0 Å². The van der Waals surface area contributed by atoms with Gasteiger partial charge in [-0.05, 0) is 123 Å². The van der Waals surface area contributed by atoms with E-state index in [0.717, 1.165) is 43.4 Å². The number of allylic oxidation sites excluding steroid dienone is 4. The van der Waals surface area contributed by atoms with E-state index in [0.29, 0.717) is 25.2 Å². The maximum Gasteiger partial charge on any atom is 0.336 e. The SMILES string of the molecule is C#CC(F)(F)[C@]1(O)CC[C@H]2[C@@H]3CCC4=CC(=NNC(=O)NC5CC5)CCC4=C3[C@H](c3ccc(C4CC4)cc3)C[C@@]21C. The zero-order chi connectivity index (χ0) is 28.6. The number of halogens is 2. The minimum atomic E-state index is -3.59. The first-order chi connectivity index (χ1) is 19.6. The van der Waals surface area contributed by atoms with Gasteiger partial charge in [0.2, 0.25) is 0 Å². The van der Waals surface area contributed by atoms with Crippen LogP contribution in [0.3, 0.4) is 0 Å². The van der Waals surface area contributed by atoms with Gasteiger partial charge in [-0.1, -0.05) is 36.8 Å². The Morgan fingerprint density at radius 3 is 2.49 bits per heavy atom. The molecule has 5 atom stereocenters. The van der Waals surface area contributed by atoms with Gasteiger partial charge in [0.25, 0.3) is 0 Å². The molecule has 41 heavy (non-hydrogen) atoms. The van der Waals surface area contributed by atoms with Crippen molar-refractivity contribution in [1.82, 2.24) is 10.7 Å². The van der Waals surface area contributed by atoms with E-state index >= 15 is 8.78 Å². The predicted octanol–water partition coefficient (Wildman–Crippen LogP) is 6.71. The molecule has 1 aromatic carbocycles. The fourth-order valence-electron chi connectivity index (χ4n) is 8.68. The highest BCUT2D eigenvalue weighted by Crippen LogP contribution is 2.69. The number of terminal acetylenes is 1. The van der Waals surface area contributed by atoms with Gasteiger partial charge >= 0.3 is 12.0 Å². The lowest BCUT2D eigenvalue weighted by molar-refractivity contribution is -0.209. The van der Waals surface area contributed by atoms with E-state index in [1.807, 2.05) is 6.92 Å². The minimum absolute atomic E-state index is 0.0198. The number of amides is 2. The van der Waals surface area contributed by atoms with Crippen molar-refractivity contribution in [3.8, 4) is 12.3 Å². The zero-order valence-electron chi connectivity index (χ0n) is 23.7. The molecule has 0 radical (unpaired) electrons. The van der Waals surface area contributed by atoms with E-state index in [4.69, 9.17) is 6.42 Å². The van der Waals surface area contributed by atoms with Gasteiger partial charge < -0.3 is 10.4 Å². The van der Waals surface area contributed by atoms with E-state index in [9.17, 15) is 9.90 Å². The molecule has 0 saturated heterocycles. The molecule has 216 valence electrons. The summed E-state index contributed by atoms with van der Waals surface area (Å²) in [6, 6.07) is 8.81. The van der Waals surface area contributed by atoms with Gasteiger partial charge in [-0.15, -0.1) is 6.42 Å². The van der Waals surface area contributed by atoms with Gasteiger partial charge in [0, 0.05) is 17.4 Å². The number of rotatable bonds is 5. The Hall–Kier alpha value is -2.98. The van der Waals surface area contributed by atoms with Crippen molar-refractivity contribution < 1.29 is 18.7 Å². The number of alkyl halides is 2. The van der Waals surface area contributed by atoms with Gasteiger partial charge in [0.05, 0.1) is 5.71 Å². The second-order valence-electron chi connectivity index (χ2n) is 13.6. The highest BCUT2D eigenvalue weighted by molar-refractivity contribution is 5.98. The molecule has 0 unspecified atom stereocenters. The fraction of sp³-hybridized carbons (Fsp3) is 0.588. The normalized spacial score (nSPS) is 35.6. The highest BCUT2D eigenvalue weighted by atomic mass is 19.3. The van der Waals surface area contributed by atoms with Crippen molar-refractivity contribution in [1.29, 1.82) is 0 Å². The monoisotopic (exact) mass is 559 g/mol. The summed E-state index contributed by atoms with van der Waals surface area (Å²) in [5, 5.41) is 19.0. The van der Waals surface area contributed by atoms with Crippen LogP contribution in [0.5, 0.6) is 0 Å². The van der Waals surface area contributed by atoms with Crippen molar-refractivity contribution in [3.05, 3.63) is 58.2 Å². The summed E-state index contributed by atoms with van der Waals surface area (Å²) < 4.78 is 30.6. The van der Waals surface area contributed by atoms with E-state index in [1.54, 1.807) is 5.92 Å². The Balaban J connectivity index is 1.27. The lowest BCUT2D eigenvalue weighted by atomic mass is 9.50. The van der Waals surface area contributed by atoms with Crippen LogP contribution in [0.15, 0.2) is 52.2 Å². The van der Waals surface area contributed by atoms with Crippen LogP contribution in [0.25, 0.3) is 0 Å². The Morgan fingerprint density at radius 2 is 1.80 bits per heavy atom. The molecule has 1 aromatic rings. The third-order valence-corrected chi connectivity index (χ3v) is 11.2. The predicted molar refractivity (Wildman–Crippen MR) is 155 cm³/mol. The highest BCUT2D eigenvalue weighted by Gasteiger charge is 2.71. The van der Waals surface area contributed by atoms with Gasteiger partial charge in [-0.2, -0.15) is 13.9 Å². The summed E-state index contributed by atoms with van der Waals surface area (Å²) in [5.74, 6) is -1.27. The minimum Gasteiger partial charge on any atom is -0.382 e. The second-order valence-corrected chi connectivity index (χ2v) is 13.6. The molecule has 0 aliphatic heterocycles. The number of carbonyl (C=O) groups is 1. The van der Waals surface area contributed by atoms with Crippen LogP contribution >= 0.6 is 0 Å². The van der Waals surface area contributed by atoms with Crippen LogP contribution in [0.1, 0.15) is 101 Å². The Morgan fingerprint density at radius 1 is 1.07 bits per heavy atom. The first kappa shape index (κ1) is 26.9. The molecule has 4 fully saturated rings. The van der Waals surface area contributed by atoms with Crippen molar-refractivity contribution in [2.45, 2.75) is 107 Å². The smallest absolute Gasteiger partial charge is 0.336 e. The van der Waals surface area contributed by atoms with Crippen LogP contribution in [0.4, 0.5) is 13.6 Å². The molecule has 3 N–H and O–H groups in total. The van der Waals surface area contributed by atoms with Crippen molar-refractivity contribution in [2.24, 2.45) is 22.4 Å². The first-order valence-electron chi connectivity index (χ1n) is 15.4. The van der Waals surface area contributed by atoms with E-state index < -0.39 is 16.9 Å². The summed E-state index contributed by atoms with van der Waals surface area (Å²) in [4.78, 5) is 12.1. The second kappa shape index (κ2) is 9.52. The topological polar surface area (TPSA) is 73.7 Å². The summed E-state index contributed by atoms with van der Waals surface area (Å²) in [5.41, 5.74) is 6.73. The number of benzene rings is 1. The number of aliphatic hydroxyl groups is 1. The molecule has 4 saturated carbocycles. The number of hydrogen-bond donors (Lipinski definition) is 3. The summed E-state index contributed by atoms with van der Waals surface area (Å²) in [6.07, 6.45) is 16.2. The van der Waals surface area contributed by atoms with Gasteiger partial charge in [-0.3, -0.25) is 0 Å². The number of nitrogens with one attached hydrogen (secondary N) is 2. The van der Waals surface area contributed by atoms with E-state index in [1.165, 1.54) is 35.1 Å². The first-order valence-corrected chi connectivity index (χ1v) is 15.4. The molecule has 7 rings (SSSR count). The molecule has 0 heterocycles. The molecule has 6 aliphatic carbocycles. The number of hydrogen-bond acceptors (Lipinski definition) is 3. The standard InChI is InChI=1S/C34H39F2N3O2/c1-3-34(35,36)33(41)17-16-29-27-14-10-23-18-25(38-39-31(40)37-24-11-12-24)13-15-26(23)30(27)28(19-32(29,33)2)22-8-6-21(7-9-22)20-4-5-20/h1,6-9,18,20,24,27-29,41H,4-5,10-17,19H2,2H3,(H2,37,39,40)/t27-,28-,29-,32-,33-/m0/s1. The maximum atomic E-state index is 15.3. The number of carbonyl (C=O) groups excluding carboxylic acids is 1. The van der Waals surface area contributed by atoms with Crippen molar-refractivity contribution >= 4 is 11.7 Å². The van der Waals surface area contributed by atoms with E-state index in [-0.39, 0.29) is 36.2 Å². The lowest BCUT2D eigenvalue weighted by Crippen LogP contribution is -2.60. The molecule has 7 heteroatoms. The Bertz CT molecular complexity index is 1400. The number of hydrazone groups is 1. The Labute approximate surface area is 240 Å². The molecule has 6 aliphatic rings. The van der Waals surface area contributed by atoms with Gasteiger partial charge in [-0.25, -0.2) is 10.2 Å². The maximum absolute atomic E-state index is 15.3. The van der Waals surface area contributed by atoms with Crippen LogP contribution in [0.2, 0.25) is 0 Å². The molecule has 0 spiro atoms. The lowest BCUT2D eigenvalue weighted by Gasteiger charge is -2.55. The molecule has 0 aromatic heterocycles. The van der Waals surface area contributed by atoms with E-state index in [2.05, 4.69) is 46.2 Å². The summed E-state index contributed by atoms with van der Waals surface area (Å²) >= 11 is 0. The van der Waals surface area contributed by atoms with Crippen molar-refractivity contribution in [2.75, 3.05) is 0 Å². The van der Waals surface area contributed by atoms with Crippen LogP contribution < -0.4 is 10.7 Å². The molecule has 0 bridgehead atoms. The summed E-state index contributed by atoms with van der Waals surface area (Å²) in [7, 11) is 0. The average Bonchev–Trinajstić information content (AvgIpc) is 3.91. The van der Waals surface area contributed by atoms with Gasteiger partial charge in [0.15, 0.2) is 0 Å². The van der Waals surface area contributed by atoms with Crippen LogP contribution in [0, 0.1) is 29.6 Å². The fourth-order valence-corrected chi connectivity index (χ4v) is 8.68. The molecular formula is C34H39F2N3O2.